The zero-order valence-electron chi connectivity index (χ0n) is 8.20. The van der Waals surface area contributed by atoms with E-state index in [-0.39, 0.29) is 0 Å². The lowest BCUT2D eigenvalue weighted by Gasteiger charge is -2.17. The van der Waals surface area contributed by atoms with Gasteiger partial charge in [0.2, 0.25) is 0 Å². The standard InChI is InChI=1S/C12H12N2/c1-3-4-9-14(2)12-7-5-11(10-13)6-8-12/h1,5-8H,4,9H2,2H3. The number of terminal acetylenes is 1. The molecule has 70 valence electrons. The lowest BCUT2D eigenvalue weighted by atomic mass is 10.2. The van der Waals surface area contributed by atoms with Crippen LogP contribution >= 0.6 is 0 Å². The first kappa shape index (κ1) is 10.2. The summed E-state index contributed by atoms with van der Waals surface area (Å²) in [6, 6.07) is 9.55. The monoisotopic (exact) mass is 184 g/mol. The van der Waals surface area contributed by atoms with Crippen LogP contribution in [0.1, 0.15) is 12.0 Å². The van der Waals surface area contributed by atoms with Gasteiger partial charge in [0.1, 0.15) is 0 Å². The van der Waals surface area contributed by atoms with Gasteiger partial charge in [-0.1, -0.05) is 0 Å². The average molecular weight is 184 g/mol. The molecule has 0 amide bonds. The SMILES string of the molecule is C#CCCN(C)c1ccc(C#N)cc1. The quantitative estimate of drug-likeness (QED) is 0.672. The van der Waals surface area contributed by atoms with Crippen molar-refractivity contribution in [2.24, 2.45) is 0 Å². The molecule has 0 aromatic heterocycles. The second-order valence-electron chi connectivity index (χ2n) is 3.03. The van der Waals surface area contributed by atoms with E-state index in [0.717, 1.165) is 18.7 Å². The highest BCUT2D eigenvalue weighted by atomic mass is 15.1. The van der Waals surface area contributed by atoms with Gasteiger partial charge in [-0.25, -0.2) is 0 Å². The first-order valence-corrected chi connectivity index (χ1v) is 4.42. The molecule has 1 rings (SSSR count). The maximum Gasteiger partial charge on any atom is 0.0991 e. The predicted octanol–water partition coefficient (Wildman–Crippen LogP) is 2.02. The Morgan fingerprint density at radius 3 is 2.50 bits per heavy atom. The molecule has 0 atom stereocenters. The van der Waals surface area contributed by atoms with Gasteiger partial charge in [0, 0.05) is 25.7 Å². The molecule has 0 fully saturated rings. The molecule has 0 saturated carbocycles. The van der Waals surface area contributed by atoms with Crippen molar-refractivity contribution in [3.63, 3.8) is 0 Å². The molecule has 1 aromatic rings. The average Bonchev–Trinajstić information content (AvgIpc) is 2.26. The Hall–Kier alpha value is -1.93. The summed E-state index contributed by atoms with van der Waals surface area (Å²) in [6.45, 7) is 0.836. The molecule has 0 heterocycles. The van der Waals surface area contributed by atoms with Crippen LogP contribution in [0.3, 0.4) is 0 Å². The summed E-state index contributed by atoms with van der Waals surface area (Å²) in [4.78, 5) is 2.07. The van der Waals surface area contributed by atoms with Gasteiger partial charge in [-0.2, -0.15) is 5.26 Å². The smallest absolute Gasteiger partial charge is 0.0991 e. The van der Waals surface area contributed by atoms with E-state index >= 15 is 0 Å². The van der Waals surface area contributed by atoms with Crippen molar-refractivity contribution < 1.29 is 0 Å². The molecule has 0 unspecified atom stereocenters. The number of benzene rings is 1. The molecule has 0 bridgehead atoms. The van der Waals surface area contributed by atoms with Crippen LogP contribution in [0.5, 0.6) is 0 Å². The Bertz CT molecular complexity index is 365. The summed E-state index contributed by atoms with van der Waals surface area (Å²) >= 11 is 0. The van der Waals surface area contributed by atoms with Gasteiger partial charge in [0.25, 0.3) is 0 Å². The Labute approximate surface area is 84.8 Å². The van der Waals surface area contributed by atoms with Crippen LogP contribution in [0, 0.1) is 23.7 Å². The maximum absolute atomic E-state index is 8.62. The zero-order valence-corrected chi connectivity index (χ0v) is 8.20. The summed E-state index contributed by atoms with van der Waals surface area (Å²) < 4.78 is 0. The second kappa shape index (κ2) is 4.94. The molecule has 0 spiro atoms. The summed E-state index contributed by atoms with van der Waals surface area (Å²) in [6.07, 6.45) is 5.91. The molecular formula is C12H12N2. The van der Waals surface area contributed by atoms with E-state index in [1.54, 1.807) is 0 Å². The summed E-state index contributed by atoms with van der Waals surface area (Å²) in [5.41, 5.74) is 1.76. The molecule has 0 aliphatic rings. The van der Waals surface area contributed by atoms with Crippen molar-refractivity contribution in [3.8, 4) is 18.4 Å². The van der Waals surface area contributed by atoms with Crippen molar-refractivity contribution >= 4 is 5.69 Å². The van der Waals surface area contributed by atoms with Gasteiger partial charge >= 0.3 is 0 Å². The zero-order chi connectivity index (χ0) is 10.4. The third-order valence-electron chi connectivity index (χ3n) is 2.03. The van der Waals surface area contributed by atoms with Crippen LogP contribution in [0.4, 0.5) is 5.69 Å². The van der Waals surface area contributed by atoms with E-state index in [1.807, 2.05) is 31.3 Å². The van der Waals surface area contributed by atoms with Crippen LogP contribution in [0.15, 0.2) is 24.3 Å². The Morgan fingerprint density at radius 1 is 1.36 bits per heavy atom. The fourth-order valence-electron chi connectivity index (χ4n) is 1.15. The highest BCUT2D eigenvalue weighted by Gasteiger charge is 1.98. The van der Waals surface area contributed by atoms with Crippen LogP contribution in [-0.2, 0) is 0 Å². The van der Waals surface area contributed by atoms with Crippen LogP contribution in [0.2, 0.25) is 0 Å². The fourth-order valence-corrected chi connectivity index (χ4v) is 1.15. The van der Waals surface area contributed by atoms with E-state index in [1.165, 1.54) is 0 Å². The summed E-state index contributed by atoms with van der Waals surface area (Å²) in [5, 5.41) is 8.62. The third kappa shape index (κ3) is 2.54. The largest absolute Gasteiger partial charge is 0.374 e. The first-order valence-electron chi connectivity index (χ1n) is 4.42. The van der Waals surface area contributed by atoms with E-state index in [2.05, 4.69) is 16.9 Å². The summed E-state index contributed by atoms with van der Waals surface area (Å²) in [7, 11) is 1.98. The maximum atomic E-state index is 8.62. The number of nitriles is 1. The topological polar surface area (TPSA) is 27.0 Å². The van der Waals surface area contributed by atoms with Gasteiger partial charge in [-0.3, -0.25) is 0 Å². The van der Waals surface area contributed by atoms with Crippen LogP contribution in [0.25, 0.3) is 0 Å². The van der Waals surface area contributed by atoms with Gasteiger partial charge in [-0.15, -0.1) is 12.3 Å². The first-order chi connectivity index (χ1) is 6.77. The van der Waals surface area contributed by atoms with Crippen molar-refractivity contribution in [1.82, 2.24) is 0 Å². The number of hydrogen-bond acceptors (Lipinski definition) is 2. The Morgan fingerprint density at radius 2 is 2.00 bits per heavy atom. The van der Waals surface area contributed by atoms with Crippen LogP contribution < -0.4 is 4.90 Å². The Kier molecular flexibility index (Phi) is 3.58. The molecular weight excluding hydrogens is 172 g/mol. The highest BCUT2D eigenvalue weighted by molar-refractivity contribution is 5.49. The summed E-state index contributed by atoms with van der Waals surface area (Å²) in [5.74, 6) is 2.60. The van der Waals surface area contributed by atoms with Gasteiger partial charge < -0.3 is 4.90 Å². The molecule has 0 radical (unpaired) electrons. The normalized spacial score (nSPS) is 8.79. The van der Waals surface area contributed by atoms with Crippen molar-refractivity contribution in [1.29, 1.82) is 5.26 Å². The molecule has 0 aliphatic carbocycles. The predicted molar refractivity (Wildman–Crippen MR) is 57.9 cm³/mol. The number of rotatable bonds is 3. The second-order valence-corrected chi connectivity index (χ2v) is 3.03. The minimum absolute atomic E-state index is 0.680. The van der Waals surface area contributed by atoms with Gasteiger partial charge in [0.15, 0.2) is 0 Å². The lowest BCUT2D eigenvalue weighted by Crippen LogP contribution is -2.17. The number of anilines is 1. The van der Waals surface area contributed by atoms with Crippen molar-refractivity contribution in [2.45, 2.75) is 6.42 Å². The third-order valence-corrected chi connectivity index (χ3v) is 2.03. The van der Waals surface area contributed by atoms with E-state index in [4.69, 9.17) is 11.7 Å². The van der Waals surface area contributed by atoms with Crippen LogP contribution in [-0.4, -0.2) is 13.6 Å². The molecule has 2 heteroatoms. The fraction of sp³-hybridized carbons (Fsp3) is 0.250. The van der Waals surface area contributed by atoms with Crippen molar-refractivity contribution in [2.75, 3.05) is 18.5 Å². The minimum atomic E-state index is 0.680. The van der Waals surface area contributed by atoms with E-state index in [0.29, 0.717) is 5.56 Å². The van der Waals surface area contributed by atoms with E-state index < -0.39 is 0 Å². The molecule has 0 N–H and O–H groups in total. The molecule has 0 aliphatic heterocycles. The highest BCUT2D eigenvalue weighted by Crippen LogP contribution is 2.13. The minimum Gasteiger partial charge on any atom is -0.374 e. The van der Waals surface area contributed by atoms with Gasteiger partial charge in [-0.05, 0) is 24.3 Å². The Balaban J connectivity index is 2.68. The molecule has 1 aromatic carbocycles. The van der Waals surface area contributed by atoms with Crippen molar-refractivity contribution in [3.05, 3.63) is 29.8 Å². The number of nitrogens with zero attached hydrogens (tertiary/aromatic N) is 2. The lowest BCUT2D eigenvalue weighted by molar-refractivity contribution is 0.913. The van der Waals surface area contributed by atoms with E-state index in [9.17, 15) is 0 Å². The molecule has 0 saturated heterocycles. The van der Waals surface area contributed by atoms with Gasteiger partial charge in [0.05, 0.1) is 11.6 Å². The number of hydrogen-bond donors (Lipinski definition) is 0. The molecule has 14 heavy (non-hydrogen) atoms. The molecule has 2 nitrogen and oxygen atoms in total.